The zero-order valence-electron chi connectivity index (χ0n) is 10.1. The molecule has 15 heavy (non-hydrogen) atoms. The van der Waals surface area contributed by atoms with Gasteiger partial charge in [-0.1, -0.05) is 20.4 Å². The van der Waals surface area contributed by atoms with Crippen molar-refractivity contribution in [2.45, 2.75) is 27.2 Å². The molecule has 1 heterocycles. The van der Waals surface area contributed by atoms with Crippen molar-refractivity contribution >= 4 is 5.91 Å². The maximum atomic E-state index is 11.1. The topological polar surface area (TPSA) is 23.6 Å². The second-order valence-electron chi connectivity index (χ2n) is 4.66. The minimum absolute atomic E-state index is 0.184. The number of amides is 1. The highest BCUT2D eigenvalue weighted by molar-refractivity contribution is 5.73. The molecule has 1 rings (SSSR count). The lowest BCUT2D eigenvalue weighted by Gasteiger charge is -2.37. The predicted octanol–water partition coefficient (Wildman–Crippen LogP) is 1.71. The van der Waals surface area contributed by atoms with Crippen LogP contribution < -0.4 is 0 Å². The Labute approximate surface area is 92.7 Å². The van der Waals surface area contributed by atoms with Crippen LogP contribution in [0.15, 0.2) is 12.3 Å². The zero-order valence-corrected chi connectivity index (χ0v) is 10.1. The first-order valence-electron chi connectivity index (χ1n) is 5.69. The highest BCUT2D eigenvalue weighted by Gasteiger charge is 2.19. The summed E-state index contributed by atoms with van der Waals surface area (Å²) in [5, 5.41) is 0. The Hall–Kier alpha value is -0.990. The van der Waals surface area contributed by atoms with Crippen LogP contribution in [0.2, 0.25) is 0 Å². The Kier molecular flexibility index (Phi) is 4.18. The molecule has 0 aromatic heterocycles. The van der Waals surface area contributed by atoms with Crippen LogP contribution in [-0.2, 0) is 4.79 Å². The first-order valence-corrected chi connectivity index (χ1v) is 5.69. The average molecular weight is 210 g/mol. The van der Waals surface area contributed by atoms with Gasteiger partial charge in [0.15, 0.2) is 0 Å². The number of hydrogen-bond acceptors (Lipinski definition) is 2. The van der Waals surface area contributed by atoms with E-state index in [0.717, 1.165) is 32.6 Å². The standard InChI is InChI=1S/C12H22N2O/c1-10(2)9-11(3)13-5-7-14(8-6-13)12(4)15/h10H,3,5-9H2,1-2,4H3. The molecule has 1 aliphatic rings. The lowest BCUT2D eigenvalue weighted by Crippen LogP contribution is -2.47. The molecular formula is C12H22N2O. The largest absolute Gasteiger partial charge is 0.372 e. The second-order valence-corrected chi connectivity index (χ2v) is 4.66. The van der Waals surface area contributed by atoms with Gasteiger partial charge in [0.2, 0.25) is 5.91 Å². The van der Waals surface area contributed by atoms with Gasteiger partial charge in [0.05, 0.1) is 0 Å². The summed E-state index contributed by atoms with van der Waals surface area (Å²) < 4.78 is 0. The van der Waals surface area contributed by atoms with E-state index in [-0.39, 0.29) is 5.91 Å². The third kappa shape index (κ3) is 3.57. The fourth-order valence-corrected chi connectivity index (χ4v) is 1.94. The van der Waals surface area contributed by atoms with E-state index in [1.165, 1.54) is 5.70 Å². The van der Waals surface area contributed by atoms with Crippen LogP contribution in [-0.4, -0.2) is 41.9 Å². The van der Waals surface area contributed by atoms with Crippen LogP contribution in [0, 0.1) is 5.92 Å². The molecule has 0 aliphatic carbocycles. The molecule has 0 saturated carbocycles. The van der Waals surface area contributed by atoms with Crippen LogP contribution in [0.25, 0.3) is 0 Å². The molecule has 0 unspecified atom stereocenters. The van der Waals surface area contributed by atoms with Gasteiger partial charge in [0.25, 0.3) is 0 Å². The van der Waals surface area contributed by atoms with Crippen LogP contribution in [0.5, 0.6) is 0 Å². The lowest BCUT2D eigenvalue weighted by atomic mass is 10.1. The van der Waals surface area contributed by atoms with Gasteiger partial charge in [0.1, 0.15) is 0 Å². The summed E-state index contributed by atoms with van der Waals surface area (Å²) in [5.41, 5.74) is 1.22. The number of rotatable bonds is 3. The number of piperazine rings is 1. The van der Waals surface area contributed by atoms with Crippen LogP contribution >= 0.6 is 0 Å². The number of hydrogen-bond donors (Lipinski definition) is 0. The molecule has 0 spiro atoms. The van der Waals surface area contributed by atoms with Crippen LogP contribution in [0.3, 0.4) is 0 Å². The fraction of sp³-hybridized carbons (Fsp3) is 0.750. The number of carbonyl (C=O) groups is 1. The van der Waals surface area contributed by atoms with E-state index in [4.69, 9.17) is 0 Å². The average Bonchev–Trinajstić information content (AvgIpc) is 2.17. The molecule has 0 atom stereocenters. The normalized spacial score (nSPS) is 17.1. The number of carbonyl (C=O) groups excluding carboxylic acids is 1. The lowest BCUT2D eigenvalue weighted by molar-refractivity contribution is -0.130. The van der Waals surface area contributed by atoms with Gasteiger partial charge in [-0.15, -0.1) is 0 Å². The van der Waals surface area contributed by atoms with E-state index in [2.05, 4.69) is 25.3 Å². The van der Waals surface area contributed by atoms with E-state index in [1.807, 2.05) is 4.90 Å². The maximum Gasteiger partial charge on any atom is 0.219 e. The molecule has 0 N–H and O–H groups in total. The van der Waals surface area contributed by atoms with Gasteiger partial charge in [-0.3, -0.25) is 4.79 Å². The van der Waals surface area contributed by atoms with Gasteiger partial charge in [-0.2, -0.15) is 0 Å². The molecule has 3 nitrogen and oxygen atoms in total. The minimum atomic E-state index is 0.184. The molecular weight excluding hydrogens is 188 g/mol. The Morgan fingerprint density at radius 2 is 1.67 bits per heavy atom. The zero-order chi connectivity index (χ0) is 11.4. The predicted molar refractivity (Wildman–Crippen MR) is 62.4 cm³/mol. The summed E-state index contributed by atoms with van der Waals surface area (Å²) in [4.78, 5) is 15.3. The number of nitrogens with zero attached hydrogens (tertiary/aromatic N) is 2. The van der Waals surface area contributed by atoms with E-state index in [1.54, 1.807) is 6.92 Å². The third-order valence-electron chi connectivity index (χ3n) is 2.82. The van der Waals surface area contributed by atoms with Crippen molar-refractivity contribution in [3.05, 3.63) is 12.3 Å². The van der Waals surface area contributed by atoms with Crippen LogP contribution in [0.1, 0.15) is 27.2 Å². The minimum Gasteiger partial charge on any atom is -0.372 e. The first-order chi connectivity index (χ1) is 7.00. The summed E-state index contributed by atoms with van der Waals surface area (Å²) in [7, 11) is 0. The van der Waals surface area contributed by atoms with E-state index < -0.39 is 0 Å². The molecule has 0 bridgehead atoms. The fourth-order valence-electron chi connectivity index (χ4n) is 1.94. The molecule has 0 radical (unpaired) electrons. The Bertz CT molecular complexity index is 240. The summed E-state index contributed by atoms with van der Waals surface area (Å²) in [6, 6.07) is 0. The molecule has 0 aromatic rings. The summed E-state index contributed by atoms with van der Waals surface area (Å²) >= 11 is 0. The molecule has 1 fully saturated rings. The van der Waals surface area contributed by atoms with Crippen molar-refractivity contribution in [3.63, 3.8) is 0 Å². The summed E-state index contributed by atoms with van der Waals surface area (Å²) in [6.45, 7) is 13.7. The van der Waals surface area contributed by atoms with Gasteiger partial charge in [0, 0.05) is 38.8 Å². The SMILES string of the molecule is C=C(CC(C)C)N1CCN(C(C)=O)CC1. The van der Waals surface area contributed by atoms with E-state index in [0.29, 0.717) is 5.92 Å². The smallest absolute Gasteiger partial charge is 0.219 e. The summed E-state index contributed by atoms with van der Waals surface area (Å²) in [6.07, 6.45) is 1.06. The maximum absolute atomic E-state index is 11.1. The highest BCUT2D eigenvalue weighted by Crippen LogP contribution is 2.15. The highest BCUT2D eigenvalue weighted by atomic mass is 16.2. The van der Waals surface area contributed by atoms with Gasteiger partial charge < -0.3 is 9.80 Å². The van der Waals surface area contributed by atoms with Crippen molar-refractivity contribution in [1.82, 2.24) is 9.80 Å². The van der Waals surface area contributed by atoms with Gasteiger partial charge in [-0.25, -0.2) is 0 Å². The van der Waals surface area contributed by atoms with Crippen molar-refractivity contribution < 1.29 is 4.79 Å². The molecule has 86 valence electrons. The Morgan fingerprint density at radius 1 is 1.20 bits per heavy atom. The van der Waals surface area contributed by atoms with E-state index >= 15 is 0 Å². The molecule has 1 saturated heterocycles. The van der Waals surface area contributed by atoms with Crippen molar-refractivity contribution in [1.29, 1.82) is 0 Å². The molecule has 0 aromatic carbocycles. The van der Waals surface area contributed by atoms with Gasteiger partial charge >= 0.3 is 0 Å². The summed E-state index contributed by atoms with van der Waals surface area (Å²) in [5.74, 6) is 0.840. The second kappa shape index (κ2) is 5.19. The molecule has 3 heteroatoms. The monoisotopic (exact) mass is 210 g/mol. The van der Waals surface area contributed by atoms with Crippen LogP contribution in [0.4, 0.5) is 0 Å². The first kappa shape index (κ1) is 12.1. The van der Waals surface area contributed by atoms with Crippen molar-refractivity contribution in [3.8, 4) is 0 Å². The Morgan fingerprint density at radius 3 is 2.07 bits per heavy atom. The van der Waals surface area contributed by atoms with Crippen molar-refractivity contribution in [2.75, 3.05) is 26.2 Å². The molecule has 1 aliphatic heterocycles. The third-order valence-corrected chi connectivity index (χ3v) is 2.82. The molecule has 1 amide bonds. The quantitative estimate of drug-likeness (QED) is 0.708. The van der Waals surface area contributed by atoms with Crippen molar-refractivity contribution in [2.24, 2.45) is 5.92 Å². The Balaban J connectivity index is 2.37. The van der Waals surface area contributed by atoms with E-state index in [9.17, 15) is 4.79 Å². The van der Waals surface area contributed by atoms with Gasteiger partial charge in [-0.05, 0) is 12.3 Å². The number of allylic oxidation sites excluding steroid dienone is 1.